The van der Waals surface area contributed by atoms with Crippen molar-refractivity contribution >= 4 is 17.5 Å². The summed E-state index contributed by atoms with van der Waals surface area (Å²) in [4.78, 5) is 13.3. The Balaban J connectivity index is 2.20. The van der Waals surface area contributed by atoms with E-state index >= 15 is 0 Å². The summed E-state index contributed by atoms with van der Waals surface area (Å²) in [5, 5.41) is 0. The van der Waals surface area contributed by atoms with Crippen LogP contribution < -0.4 is 4.74 Å². The highest BCUT2D eigenvalue weighted by Gasteiger charge is 2.07. The molecular formula is C14H19ClFNO2. The number of hydrogen-bond donors (Lipinski definition) is 0. The number of hydrogen-bond acceptors (Lipinski definition) is 2. The van der Waals surface area contributed by atoms with Crippen LogP contribution in [0.3, 0.4) is 0 Å². The Labute approximate surface area is 118 Å². The molecule has 0 N–H and O–H groups in total. The number of halogens is 2. The van der Waals surface area contributed by atoms with Crippen LogP contribution in [0.4, 0.5) is 4.39 Å². The fourth-order valence-electron chi connectivity index (χ4n) is 1.52. The zero-order valence-electron chi connectivity index (χ0n) is 11.1. The number of carbonyl (C=O) groups is 1. The van der Waals surface area contributed by atoms with Crippen molar-refractivity contribution in [2.24, 2.45) is 0 Å². The Morgan fingerprint density at radius 3 is 2.63 bits per heavy atom. The number of nitrogens with zero attached hydrogens (tertiary/aromatic N) is 1. The van der Waals surface area contributed by atoms with Crippen LogP contribution >= 0.6 is 11.6 Å². The molecule has 0 saturated carbocycles. The molecular weight excluding hydrogens is 269 g/mol. The minimum atomic E-state index is -0.293. The Morgan fingerprint density at radius 2 is 2.00 bits per heavy atom. The van der Waals surface area contributed by atoms with E-state index < -0.39 is 0 Å². The standard InChI is InChI=1S/C14H19ClFNO2/c1-17(14(18)4-2-3-9-15)10-11-19-13-7-5-12(16)6-8-13/h5-8H,2-4,9-11H2,1H3. The molecule has 1 rings (SSSR count). The lowest BCUT2D eigenvalue weighted by Gasteiger charge is -2.17. The average Bonchev–Trinajstić information content (AvgIpc) is 2.41. The third-order valence-corrected chi connectivity index (χ3v) is 2.98. The lowest BCUT2D eigenvalue weighted by molar-refractivity contribution is -0.130. The van der Waals surface area contributed by atoms with Gasteiger partial charge in [0.1, 0.15) is 18.2 Å². The van der Waals surface area contributed by atoms with Gasteiger partial charge in [0.2, 0.25) is 5.91 Å². The van der Waals surface area contributed by atoms with Crippen molar-refractivity contribution in [1.29, 1.82) is 0 Å². The number of unbranched alkanes of at least 4 members (excludes halogenated alkanes) is 1. The summed E-state index contributed by atoms with van der Waals surface area (Å²) >= 11 is 5.56. The fourth-order valence-corrected chi connectivity index (χ4v) is 1.71. The predicted molar refractivity (Wildman–Crippen MR) is 74.1 cm³/mol. The van der Waals surface area contributed by atoms with Crippen LogP contribution in [0.25, 0.3) is 0 Å². The van der Waals surface area contributed by atoms with E-state index in [1.54, 1.807) is 24.1 Å². The van der Waals surface area contributed by atoms with Gasteiger partial charge in [-0.1, -0.05) is 0 Å². The van der Waals surface area contributed by atoms with Gasteiger partial charge in [-0.15, -0.1) is 11.6 Å². The number of benzene rings is 1. The first-order chi connectivity index (χ1) is 9.13. The third-order valence-electron chi connectivity index (χ3n) is 2.71. The SMILES string of the molecule is CN(CCOc1ccc(F)cc1)C(=O)CCCCCl. The van der Waals surface area contributed by atoms with E-state index in [2.05, 4.69) is 0 Å². The predicted octanol–water partition coefficient (Wildman–Crippen LogP) is 3.07. The van der Waals surface area contributed by atoms with Gasteiger partial charge in [0.05, 0.1) is 6.54 Å². The lowest BCUT2D eigenvalue weighted by atomic mass is 10.2. The quantitative estimate of drug-likeness (QED) is 0.543. The van der Waals surface area contributed by atoms with Crippen molar-refractivity contribution in [3.05, 3.63) is 30.1 Å². The van der Waals surface area contributed by atoms with Crippen LogP contribution in [-0.2, 0) is 4.79 Å². The molecule has 1 amide bonds. The summed E-state index contributed by atoms with van der Waals surface area (Å²) in [6.07, 6.45) is 2.18. The molecule has 0 radical (unpaired) electrons. The largest absolute Gasteiger partial charge is 0.492 e. The Bertz CT molecular complexity index is 384. The second-order valence-electron chi connectivity index (χ2n) is 4.26. The van der Waals surface area contributed by atoms with Crippen molar-refractivity contribution in [3.8, 4) is 5.75 Å². The lowest BCUT2D eigenvalue weighted by Crippen LogP contribution is -2.30. The molecule has 0 unspecified atom stereocenters. The van der Waals surface area contributed by atoms with Gasteiger partial charge in [-0.3, -0.25) is 4.79 Å². The van der Waals surface area contributed by atoms with Gasteiger partial charge in [-0.25, -0.2) is 4.39 Å². The molecule has 1 aromatic rings. The molecule has 0 fully saturated rings. The summed E-state index contributed by atoms with van der Waals surface area (Å²) in [5.41, 5.74) is 0. The van der Waals surface area contributed by atoms with Gasteiger partial charge >= 0.3 is 0 Å². The maximum Gasteiger partial charge on any atom is 0.222 e. The number of amides is 1. The van der Waals surface area contributed by atoms with Crippen LogP contribution in [0.1, 0.15) is 19.3 Å². The maximum atomic E-state index is 12.7. The molecule has 106 valence electrons. The van der Waals surface area contributed by atoms with Crippen molar-refractivity contribution in [1.82, 2.24) is 4.90 Å². The van der Waals surface area contributed by atoms with Crippen LogP contribution in [0.5, 0.6) is 5.75 Å². The molecule has 19 heavy (non-hydrogen) atoms. The highest BCUT2D eigenvalue weighted by atomic mass is 35.5. The summed E-state index contributed by atoms with van der Waals surface area (Å²) in [6, 6.07) is 5.82. The average molecular weight is 288 g/mol. The van der Waals surface area contributed by atoms with E-state index in [0.29, 0.717) is 31.2 Å². The van der Waals surface area contributed by atoms with Crippen LogP contribution in [0.2, 0.25) is 0 Å². The first-order valence-corrected chi connectivity index (χ1v) is 6.85. The van der Waals surface area contributed by atoms with Gasteiger partial charge in [0.15, 0.2) is 0 Å². The van der Waals surface area contributed by atoms with Crippen molar-refractivity contribution in [2.45, 2.75) is 19.3 Å². The van der Waals surface area contributed by atoms with E-state index in [1.807, 2.05) is 0 Å². The molecule has 5 heteroatoms. The normalized spacial score (nSPS) is 10.3. The summed E-state index contributed by atoms with van der Waals surface area (Å²) in [7, 11) is 1.75. The summed E-state index contributed by atoms with van der Waals surface area (Å²) < 4.78 is 18.1. The minimum Gasteiger partial charge on any atom is -0.492 e. The Hall–Kier alpha value is -1.29. The fraction of sp³-hybridized carbons (Fsp3) is 0.500. The smallest absolute Gasteiger partial charge is 0.222 e. The number of ether oxygens (including phenoxy) is 1. The van der Waals surface area contributed by atoms with Gasteiger partial charge < -0.3 is 9.64 Å². The van der Waals surface area contributed by atoms with Crippen LogP contribution in [0.15, 0.2) is 24.3 Å². The summed E-state index contributed by atoms with van der Waals surface area (Å²) in [6.45, 7) is 0.903. The van der Waals surface area contributed by atoms with E-state index in [9.17, 15) is 9.18 Å². The molecule has 0 aliphatic heterocycles. The first kappa shape index (κ1) is 15.8. The number of alkyl halides is 1. The van der Waals surface area contributed by atoms with Crippen LogP contribution in [0, 0.1) is 5.82 Å². The molecule has 0 aliphatic carbocycles. The van der Waals surface area contributed by atoms with Gasteiger partial charge in [0.25, 0.3) is 0 Å². The molecule has 0 heterocycles. The van der Waals surface area contributed by atoms with Crippen molar-refractivity contribution < 1.29 is 13.9 Å². The zero-order valence-corrected chi connectivity index (χ0v) is 11.8. The summed E-state index contributed by atoms with van der Waals surface area (Å²) in [5.74, 6) is 0.987. The third kappa shape index (κ3) is 6.43. The molecule has 0 bridgehead atoms. The monoisotopic (exact) mass is 287 g/mol. The van der Waals surface area contributed by atoms with E-state index in [4.69, 9.17) is 16.3 Å². The number of rotatable bonds is 8. The molecule has 1 aromatic carbocycles. The molecule has 0 atom stereocenters. The minimum absolute atomic E-state index is 0.0906. The molecule has 3 nitrogen and oxygen atoms in total. The molecule has 0 spiro atoms. The zero-order chi connectivity index (χ0) is 14.1. The molecule has 0 saturated heterocycles. The van der Waals surface area contributed by atoms with Crippen molar-refractivity contribution in [3.63, 3.8) is 0 Å². The second-order valence-corrected chi connectivity index (χ2v) is 4.64. The van der Waals surface area contributed by atoms with Crippen molar-refractivity contribution in [2.75, 3.05) is 26.1 Å². The molecule has 0 aromatic heterocycles. The molecule has 0 aliphatic rings. The number of likely N-dealkylation sites (N-methyl/N-ethyl adjacent to an activating group) is 1. The Kier molecular flexibility index (Phi) is 7.26. The topological polar surface area (TPSA) is 29.5 Å². The van der Waals surface area contributed by atoms with Crippen LogP contribution in [-0.4, -0.2) is 36.9 Å². The highest BCUT2D eigenvalue weighted by Crippen LogP contribution is 2.10. The maximum absolute atomic E-state index is 12.7. The van der Waals surface area contributed by atoms with Gasteiger partial charge in [0, 0.05) is 19.3 Å². The highest BCUT2D eigenvalue weighted by molar-refractivity contribution is 6.17. The number of carbonyl (C=O) groups excluding carboxylic acids is 1. The first-order valence-electron chi connectivity index (χ1n) is 6.32. The van der Waals surface area contributed by atoms with E-state index in [1.165, 1.54) is 12.1 Å². The van der Waals surface area contributed by atoms with Gasteiger partial charge in [-0.05, 0) is 37.1 Å². The van der Waals surface area contributed by atoms with E-state index in [-0.39, 0.29) is 11.7 Å². The van der Waals surface area contributed by atoms with E-state index in [0.717, 1.165) is 12.8 Å². The second kappa shape index (κ2) is 8.75. The Morgan fingerprint density at radius 1 is 1.32 bits per heavy atom. The van der Waals surface area contributed by atoms with Gasteiger partial charge in [-0.2, -0.15) is 0 Å².